The largest absolute Gasteiger partial charge is 0.361 e. The van der Waals surface area contributed by atoms with Crippen molar-refractivity contribution < 1.29 is 4.79 Å². The van der Waals surface area contributed by atoms with Crippen LogP contribution in [0.25, 0.3) is 10.9 Å². The zero-order chi connectivity index (χ0) is 15.0. The molecule has 1 aliphatic carbocycles. The monoisotopic (exact) mass is 285 g/mol. The molecular weight excluding hydrogens is 262 g/mol. The van der Waals surface area contributed by atoms with Gasteiger partial charge >= 0.3 is 0 Å². The van der Waals surface area contributed by atoms with E-state index in [2.05, 4.69) is 24.0 Å². The molecular formula is C17H23N3O. The fourth-order valence-electron chi connectivity index (χ4n) is 3.31. The SMILES string of the molecule is CN(CC1(N(C)C)CCC1)C(=O)c1cccc2cc[nH]c12. The molecule has 0 atom stereocenters. The lowest BCUT2D eigenvalue weighted by Crippen LogP contribution is -2.57. The van der Waals surface area contributed by atoms with Gasteiger partial charge in [-0.3, -0.25) is 4.79 Å². The van der Waals surface area contributed by atoms with Crippen LogP contribution in [0.3, 0.4) is 0 Å². The molecule has 0 unspecified atom stereocenters. The fourth-order valence-corrected chi connectivity index (χ4v) is 3.31. The first-order chi connectivity index (χ1) is 10.0. The van der Waals surface area contributed by atoms with Gasteiger partial charge in [0, 0.05) is 30.7 Å². The molecule has 1 N–H and O–H groups in total. The van der Waals surface area contributed by atoms with E-state index in [0.717, 1.165) is 23.0 Å². The van der Waals surface area contributed by atoms with Crippen molar-refractivity contribution >= 4 is 16.8 Å². The molecule has 1 amide bonds. The van der Waals surface area contributed by atoms with Crippen molar-refractivity contribution in [1.82, 2.24) is 14.8 Å². The molecule has 1 fully saturated rings. The molecule has 4 heteroatoms. The molecule has 1 aromatic carbocycles. The molecule has 0 radical (unpaired) electrons. The molecule has 1 saturated carbocycles. The average Bonchev–Trinajstić information content (AvgIpc) is 2.89. The number of amides is 1. The highest BCUT2D eigenvalue weighted by Gasteiger charge is 2.40. The second-order valence-corrected chi connectivity index (χ2v) is 6.38. The highest BCUT2D eigenvalue weighted by Crippen LogP contribution is 2.37. The summed E-state index contributed by atoms with van der Waals surface area (Å²) in [7, 11) is 6.14. The van der Waals surface area contributed by atoms with Gasteiger partial charge in [-0.1, -0.05) is 12.1 Å². The maximum atomic E-state index is 12.8. The summed E-state index contributed by atoms with van der Waals surface area (Å²) in [5.41, 5.74) is 1.85. The van der Waals surface area contributed by atoms with Crippen molar-refractivity contribution in [3.63, 3.8) is 0 Å². The van der Waals surface area contributed by atoms with Crippen LogP contribution in [0.5, 0.6) is 0 Å². The van der Waals surface area contributed by atoms with Crippen LogP contribution in [0.4, 0.5) is 0 Å². The van der Waals surface area contributed by atoms with E-state index < -0.39 is 0 Å². The van der Waals surface area contributed by atoms with E-state index >= 15 is 0 Å². The maximum absolute atomic E-state index is 12.8. The Labute approximate surface area is 125 Å². The first-order valence-electron chi connectivity index (χ1n) is 7.52. The number of carbonyl (C=O) groups excluding carboxylic acids is 1. The third kappa shape index (κ3) is 2.33. The summed E-state index contributed by atoms with van der Waals surface area (Å²) in [5, 5.41) is 1.08. The van der Waals surface area contributed by atoms with E-state index in [1.54, 1.807) is 0 Å². The lowest BCUT2D eigenvalue weighted by Gasteiger charge is -2.49. The minimum Gasteiger partial charge on any atom is -0.361 e. The van der Waals surface area contributed by atoms with Gasteiger partial charge in [0.25, 0.3) is 5.91 Å². The normalized spacial score (nSPS) is 17.0. The second-order valence-electron chi connectivity index (χ2n) is 6.38. The van der Waals surface area contributed by atoms with E-state index in [0.29, 0.717) is 0 Å². The quantitative estimate of drug-likeness (QED) is 0.938. The van der Waals surface area contributed by atoms with Crippen molar-refractivity contribution in [3.05, 3.63) is 36.0 Å². The predicted octanol–water partition coefficient (Wildman–Crippen LogP) is 2.72. The van der Waals surface area contributed by atoms with Gasteiger partial charge in [0.1, 0.15) is 0 Å². The van der Waals surface area contributed by atoms with E-state index in [4.69, 9.17) is 0 Å². The number of nitrogens with zero attached hydrogens (tertiary/aromatic N) is 2. The standard InChI is InChI=1S/C17H23N3O/c1-19(2)17(9-5-10-17)12-20(3)16(21)14-7-4-6-13-8-11-18-15(13)14/h4,6-8,11,18H,5,9-10,12H2,1-3H3. The van der Waals surface area contributed by atoms with Crippen molar-refractivity contribution in [2.75, 3.05) is 27.7 Å². The Bertz CT molecular complexity index is 655. The molecule has 3 rings (SSSR count). The van der Waals surface area contributed by atoms with Gasteiger partial charge in [-0.2, -0.15) is 0 Å². The molecule has 1 aliphatic rings. The summed E-state index contributed by atoms with van der Waals surface area (Å²) < 4.78 is 0. The number of hydrogen-bond acceptors (Lipinski definition) is 2. The summed E-state index contributed by atoms with van der Waals surface area (Å²) in [4.78, 5) is 20.1. The Morgan fingerprint density at radius 2 is 2.00 bits per heavy atom. The fraction of sp³-hybridized carbons (Fsp3) is 0.471. The Kier molecular flexibility index (Phi) is 3.49. The number of carbonyl (C=O) groups is 1. The minimum atomic E-state index is 0.0937. The molecule has 0 saturated heterocycles. The number of benzene rings is 1. The third-order valence-corrected chi connectivity index (χ3v) is 4.93. The van der Waals surface area contributed by atoms with Crippen LogP contribution >= 0.6 is 0 Å². The van der Waals surface area contributed by atoms with Crippen molar-refractivity contribution in [2.45, 2.75) is 24.8 Å². The van der Waals surface area contributed by atoms with Crippen LogP contribution in [0.2, 0.25) is 0 Å². The number of hydrogen-bond donors (Lipinski definition) is 1. The van der Waals surface area contributed by atoms with Gasteiger partial charge < -0.3 is 14.8 Å². The van der Waals surface area contributed by atoms with Crippen molar-refractivity contribution in [3.8, 4) is 0 Å². The van der Waals surface area contributed by atoms with Gasteiger partial charge in [-0.05, 0) is 45.5 Å². The summed E-state index contributed by atoms with van der Waals surface area (Å²) in [6, 6.07) is 7.87. The topological polar surface area (TPSA) is 39.3 Å². The molecule has 0 spiro atoms. The second kappa shape index (κ2) is 5.19. The van der Waals surface area contributed by atoms with Crippen LogP contribution < -0.4 is 0 Å². The molecule has 4 nitrogen and oxygen atoms in total. The highest BCUT2D eigenvalue weighted by molar-refractivity contribution is 6.05. The maximum Gasteiger partial charge on any atom is 0.255 e. The molecule has 1 heterocycles. The van der Waals surface area contributed by atoms with Gasteiger partial charge in [0.15, 0.2) is 0 Å². The first kappa shape index (κ1) is 14.1. The van der Waals surface area contributed by atoms with Crippen molar-refractivity contribution in [2.24, 2.45) is 0 Å². The summed E-state index contributed by atoms with van der Waals surface area (Å²) in [6.07, 6.45) is 5.48. The molecule has 112 valence electrons. The third-order valence-electron chi connectivity index (χ3n) is 4.93. The Morgan fingerprint density at radius 1 is 1.24 bits per heavy atom. The van der Waals surface area contributed by atoms with Gasteiger partial charge in [0.2, 0.25) is 0 Å². The number of para-hydroxylation sites is 1. The lowest BCUT2D eigenvalue weighted by atomic mass is 9.75. The smallest absolute Gasteiger partial charge is 0.255 e. The van der Waals surface area contributed by atoms with Crippen LogP contribution in [0.15, 0.2) is 30.5 Å². The Morgan fingerprint density at radius 3 is 2.62 bits per heavy atom. The van der Waals surface area contributed by atoms with Crippen LogP contribution in [-0.4, -0.2) is 53.9 Å². The predicted molar refractivity (Wildman–Crippen MR) is 85.5 cm³/mol. The number of aromatic nitrogens is 1. The summed E-state index contributed by atoms with van der Waals surface area (Å²) >= 11 is 0. The Hall–Kier alpha value is -1.81. The van der Waals surface area contributed by atoms with Gasteiger partial charge in [-0.15, -0.1) is 0 Å². The Balaban J connectivity index is 1.83. The number of fused-ring (bicyclic) bond motifs is 1. The van der Waals surface area contributed by atoms with E-state index in [1.165, 1.54) is 19.3 Å². The zero-order valence-electron chi connectivity index (χ0n) is 13.0. The number of H-pyrrole nitrogens is 1. The van der Waals surface area contributed by atoms with Crippen molar-refractivity contribution in [1.29, 1.82) is 0 Å². The minimum absolute atomic E-state index is 0.0937. The first-order valence-corrected chi connectivity index (χ1v) is 7.52. The van der Waals surface area contributed by atoms with Gasteiger partial charge in [-0.25, -0.2) is 0 Å². The van der Waals surface area contributed by atoms with Crippen LogP contribution in [0, 0.1) is 0 Å². The molecule has 0 aliphatic heterocycles. The number of aromatic amines is 1. The molecule has 0 bridgehead atoms. The molecule has 21 heavy (non-hydrogen) atoms. The molecule has 1 aromatic heterocycles. The van der Waals surface area contributed by atoms with Crippen LogP contribution in [-0.2, 0) is 0 Å². The number of nitrogens with one attached hydrogen (secondary N) is 1. The number of likely N-dealkylation sites (N-methyl/N-ethyl adjacent to an activating group) is 2. The molecule has 2 aromatic rings. The van der Waals surface area contributed by atoms with E-state index in [9.17, 15) is 4.79 Å². The summed E-state index contributed by atoms with van der Waals surface area (Å²) in [6.45, 7) is 0.788. The van der Waals surface area contributed by atoms with Gasteiger partial charge in [0.05, 0.1) is 11.1 Å². The number of rotatable bonds is 4. The summed E-state index contributed by atoms with van der Waals surface area (Å²) in [5.74, 6) is 0.0937. The zero-order valence-corrected chi connectivity index (χ0v) is 13.0. The van der Waals surface area contributed by atoms with Crippen LogP contribution in [0.1, 0.15) is 29.6 Å². The average molecular weight is 285 g/mol. The van der Waals surface area contributed by atoms with E-state index in [-0.39, 0.29) is 11.4 Å². The lowest BCUT2D eigenvalue weighted by molar-refractivity contribution is 0.0253. The van der Waals surface area contributed by atoms with E-state index in [1.807, 2.05) is 42.4 Å². The highest BCUT2D eigenvalue weighted by atomic mass is 16.2.